The molecule has 2 aliphatic heterocycles. The summed E-state index contributed by atoms with van der Waals surface area (Å²) in [4.78, 5) is 24.6. The zero-order valence-corrected chi connectivity index (χ0v) is 11.3. The maximum absolute atomic E-state index is 12.5. The number of benzene rings is 1. The Labute approximate surface area is 116 Å². The molecule has 1 N–H and O–H groups in total. The topological polar surface area (TPSA) is 75.5 Å². The summed E-state index contributed by atoms with van der Waals surface area (Å²) in [6, 6.07) is 6.07. The van der Waals surface area contributed by atoms with E-state index in [-0.39, 0.29) is 17.6 Å². The van der Waals surface area contributed by atoms with Crippen LogP contribution in [0.3, 0.4) is 0 Å². The molecule has 3 atom stereocenters. The first kappa shape index (κ1) is 13.1. The monoisotopic (exact) mass is 275 g/mol. The smallest absolute Gasteiger partial charge is 0.269 e. The predicted octanol–water partition coefficient (Wildman–Crippen LogP) is 1.27. The van der Waals surface area contributed by atoms with E-state index in [0.717, 1.165) is 19.6 Å². The lowest BCUT2D eigenvalue weighted by molar-refractivity contribution is -0.384. The lowest BCUT2D eigenvalue weighted by Gasteiger charge is -2.24. The molecule has 0 spiro atoms. The highest BCUT2D eigenvalue weighted by molar-refractivity contribution is 5.94. The average molecular weight is 275 g/mol. The van der Waals surface area contributed by atoms with Crippen molar-refractivity contribution < 1.29 is 9.72 Å². The molecule has 2 saturated heterocycles. The number of non-ortho nitro benzene ring substituents is 1. The van der Waals surface area contributed by atoms with Crippen molar-refractivity contribution in [2.45, 2.75) is 13.0 Å². The fraction of sp³-hybridized carbons (Fsp3) is 0.500. The van der Waals surface area contributed by atoms with Crippen molar-refractivity contribution in [1.29, 1.82) is 0 Å². The standard InChI is InChI=1S/C14H17N3O3/c1-9-13-7-15-6-11(13)8-16(9)14(18)10-2-4-12(5-3-10)17(19)20/h2-5,9,11,13,15H,6-8H2,1H3. The lowest BCUT2D eigenvalue weighted by atomic mass is 9.95. The van der Waals surface area contributed by atoms with Gasteiger partial charge in [0.1, 0.15) is 0 Å². The average Bonchev–Trinajstić information content (AvgIpc) is 3.02. The highest BCUT2D eigenvalue weighted by atomic mass is 16.6. The molecule has 2 fully saturated rings. The van der Waals surface area contributed by atoms with Crippen molar-refractivity contribution in [2.24, 2.45) is 11.8 Å². The number of carbonyl (C=O) groups excluding carboxylic acids is 1. The molecule has 0 aliphatic carbocycles. The van der Waals surface area contributed by atoms with E-state index in [1.165, 1.54) is 12.1 Å². The Bertz CT molecular complexity index is 543. The van der Waals surface area contributed by atoms with Crippen LogP contribution in [0.15, 0.2) is 24.3 Å². The van der Waals surface area contributed by atoms with Gasteiger partial charge in [0.15, 0.2) is 0 Å². The molecule has 2 aliphatic rings. The molecule has 3 rings (SSSR count). The van der Waals surface area contributed by atoms with E-state index in [0.29, 0.717) is 17.4 Å². The first-order valence-electron chi connectivity index (χ1n) is 6.84. The number of nitro groups is 1. The molecular weight excluding hydrogens is 258 g/mol. The van der Waals surface area contributed by atoms with Crippen LogP contribution in [-0.2, 0) is 0 Å². The van der Waals surface area contributed by atoms with Crippen molar-refractivity contribution in [2.75, 3.05) is 19.6 Å². The molecule has 0 aromatic heterocycles. The minimum absolute atomic E-state index is 0.0112. The molecule has 106 valence electrons. The number of fused-ring (bicyclic) bond motifs is 1. The van der Waals surface area contributed by atoms with Crippen LogP contribution in [0.25, 0.3) is 0 Å². The van der Waals surface area contributed by atoms with Gasteiger partial charge in [0.05, 0.1) is 4.92 Å². The second-order valence-corrected chi connectivity index (χ2v) is 5.58. The van der Waals surface area contributed by atoms with Gasteiger partial charge in [-0.2, -0.15) is 0 Å². The second kappa shape index (κ2) is 4.86. The molecule has 20 heavy (non-hydrogen) atoms. The number of hydrogen-bond donors (Lipinski definition) is 1. The number of carbonyl (C=O) groups is 1. The van der Waals surface area contributed by atoms with Crippen LogP contribution >= 0.6 is 0 Å². The first-order valence-corrected chi connectivity index (χ1v) is 6.84. The Morgan fingerprint density at radius 2 is 2.05 bits per heavy atom. The van der Waals surface area contributed by atoms with E-state index in [4.69, 9.17) is 0 Å². The quantitative estimate of drug-likeness (QED) is 0.651. The van der Waals surface area contributed by atoms with Gasteiger partial charge >= 0.3 is 0 Å². The van der Waals surface area contributed by atoms with Crippen LogP contribution in [0.1, 0.15) is 17.3 Å². The fourth-order valence-corrected chi connectivity index (χ4v) is 3.33. The Morgan fingerprint density at radius 3 is 2.65 bits per heavy atom. The molecular formula is C14H17N3O3. The zero-order valence-electron chi connectivity index (χ0n) is 11.3. The second-order valence-electron chi connectivity index (χ2n) is 5.58. The molecule has 2 heterocycles. The summed E-state index contributed by atoms with van der Waals surface area (Å²) >= 11 is 0. The number of nitrogens with one attached hydrogen (secondary N) is 1. The molecule has 3 unspecified atom stereocenters. The van der Waals surface area contributed by atoms with E-state index in [9.17, 15) is 14.9 Å². The Morgan fingerprint density at radius 1 is 1.35 bits per heavy atom. The summed E-state index contributed by atoms with van der Waals surface area (Å²) in [5.74, 6) is 1.03. The van der Waals surface area contributed by atoms with Crippen molar-refractivity contribution >= 4 is 11.6 Å². The van der Waals surface area contributed by atoms with E-state index in [1.54, 1.807) is 12.1 Å². The fourth-order valence-electron chi connectivity index (χ4n) is 3.33. The van der Waals surface area contributed by atoms with Crippen LogP contribution in [0.5, 0.6) is 0 Å². The molecule has 0 bridgehead atoms. The summed E-state index contributed by atoms with van der Waals surface area (Å²) < 4.78 is 0. The molecule has 1 aromatic rings. The SMILES string of the molecule is CC1C2CNCC2CN1C(=O)c1ccc([N+](=O)[O-])cc1. The predicted molar refractivity (Wildman–Crippen MR) is 73.4 cm³/mol. The molecule has 6 nitrogen and oxygen atoms in total. The summed E-state index contributed by atoms with van der Waals surface area (Å²) in [6.45, 7) is 4.80. The highest BCUT2D eigenvalue weighted by Gasteiger charge is 2.43. The zero-order chi connectivity index (χ0) is 14.3. The number of nitrogens with zero attached hydrogens (tertiary/aromatic N) is 2. The van der Waals surface area contributed by atoms with Gasteiger partial charge in [-0.15, -0.1) is 0 Å². The van der Waals surface area contributed by atoms with E-state index in [1.807, 2.05) is 4.90 Å². The van der Waals surface area contributed by atoms with E-state index >= 15 is 0 Å². The summed E-state index contributed by atoms with van der Waals surface area (Å²) in [7, 11) is 0. The van der Waals surface area contributed by atoms with Crippen molar-refractivity contribution in [3.63, 3.8) is 0 Å². The van der Waals surface area contributed by atoms with Gasteiger partial charge in [0, 0.05) is 43.4 Å². The Balaban J connectivity index is 1.77. The van der Waals surface area contributed by atoms with Crippen LogP contribution in [0.2, 0.25) is 0 Å². The number of amides is 1. The molecule has 0 saturated carbocycles. The molecule has 1 amide bonds. The Kier molecular flexibility index (Phi) is 3.17. The van der Waals surface area contributed by atoms with Crippen LogP contribution in [0.4, 0.5) is 5.69 Å². The van der Waals surface area contributed by atoms with Gasteiger partial charge in [-0.3, -0.25) is 14.9 Å². The maximum atomic E-state index is 12.5. The lowest BCUT2D eigenvalue weighted by Crippen LogP contribution is -2.38. The number of rotatable bonds is 2. The maximum Gasteiger partial charge on any atom is 0.269 e. The number of likely N-dealkylation sites (tertiary alicyclic amines) is 1. The van der Waals surface area contributed by atoms with Gasteiger partial charge in [-0.1, -0.05) is 0 Å². The molecule has 6 heteroatoms. The van der Waals surface area contributed by atoms with Crippen molar-refractivity contribution in [1.82, 2.24) is 10.2 Å². The van der Waals surface area contributed by atoms with E-state index in [2.05, 4.69) is 12.2 Å². The van der Waals surface area contributed by atoms with Gasteiger partial charge in [-0.05, 0) is 30.9 Å². The van der Waals surface area contributed by atoms with E-state index < -0.39 is 4.92 Å². The third kappa shape index (κ3) is 2.06. The normalized spacial score (nSPS) is 28.4. The largest absolute Gasteiger partial charge is 0.335 e. The summed E-state index contributed by atoms with van der Waals surface area (Å²) in [5.41, 5.74) is 0.535. The number of hydrogen-bond acceptors (Lipinski definition) is 4. The molecule has 1 aromatic carbocycles. The Hall–Kier alpha value is -1.95. The highest BCUT2D eigenvalue weighted by Crippen LogP contribution is 2.33. The van der Waals surface area contributed by atoms with Crippen molar-refractivity contribution in [3.05, 3.63) is 39.9 Å². The summed E-state index contributed by atoms with van der Waals surface area (Å²) in [5, 5.41) is 14.0. The van der Waals surface area contributed by atoms with Gasteiger partial charge in [-0.25, -0.2) is 0 Å². The van der Waals surface area contributed by atoms with Gasteiger partial charge in [0.2, 0.25) is 0 Å². The number of nitro benzene ring substituents is 1. The van der Waals surface area contributed by atoms with Gasteiger partial charge < -0.3 is 10.2 Å². The van der Waals surface area contributed by atoms with Crippen LogP contribution in [0, 0.1) is 22.0 Å². The summed E-state index contributed by atoms with van der Waals surface area (Å²) in [6.07, 6.45) is 0. The third-order valence-electron chi connectivity index (χ3n) is 4.52. The minimum atomic E-state index is -0.456. The van der Waals surface area contributed by atoms with Gasteiger partial charge in [0.25, 0.3) is 11.6 Å². The first-order chi connectivity index (χ1) is 9.58. The third-order valence-corrected chi connectivity index (χ3v) is 4.52. The van der Waals surface area contributed by atoms with Crippen LogP contribution in [-0.4, -0.2) is 41.4 Å². The molecule has 0 radical (unpaired) electrons. The van der Waals surface area contributed by atoms with Crippen molar-refractivity contribution in [3.8, 4) is 0 Å². The van der Waals surface area contributed by atoms with Crippen LogP contribution < -0.4 is 5.32 Å². The minimum Gasteiger partial charge on any atom is -0.335 e.